The largest absolute Gasteiger partial charge is 0.507 e. The molecule has 1 aliphatic rings. The first-order valence-corrected chi connectivity index (χ1v) is 10.1. The van der Waals surface area contributed by atoms with Crippen molar-refractivity contribution in [1.29, 1.82) is 0 Å². The second kappa shape index (κ2) is 11.6. The van der Waals surface area contributed by atoms with Crippen LogP contribution in [0.25, 0.3) is 0 Å². The second-order valence-electron chi connectivity index (χ2n) is 7.44. The molecule has 2 rings (SSSR count). The summed E-state index contributed by atoms with van der Waals surface area (Å²) in [6, 6.07) is 2.68. The molecule has 32 heavy (non-hydrogen) atoms. The Morgan fingerprint density at radius 3 is 2.66 bits per heavy atom. The highest BCUT2D eigenvalue weighted by Gasteiger charge is 2.26. The number of ketones is 1. The van der Waals surface area contributed by atoms with E-state index in [0.717, 1.165) is 6.08 Å². The molecule has 9 nitrogen and oxygen atoms in total. The van der Waals surface area contributed by atoms with Crippen LogP contribution in [0.5, 0.6) is 11.5 Å². The molecule has 0 spiro atoms. The van der Waals surface area contributed by atoms with Gasteiger partial charge in [-0.25, -0.2) is 4.79 Å². The van der Waals surface area contributed by atoms with E-state index in [9.17, 15) is 30.0 Å². The van der Waals surface area contributed by atoms with Crippen molar-refractivity contribution >= 4 is 11.8 Å². The van der Waals surface area contributed by atoms with Crippen LogP contribution in [0.1, 0.15) is 35.7 Å². The van der Waals surface area contributed by atoms with Gasteiger partial charge in [-0.3, -0.25) is 4.79 Å². The third kappa shape index (κ3) is 6.53. The fourth-order valence-corrected chi connectivity index (χ4v) is 3.16. The predicted octanol–water partition coefficient (Wildman–Crippen LogP) is 0.564. The molecule has 174 valence electrons. The van der Waals surface area contributed by atoms with Gasteiger partial charge in [0.25, 0.3) is 0 Å². The van der Waals surface area contributed by atoms with Gasteiger partial charge < -0.3 is 35.0 Å². The molecule has 0 radical (unpaired) electrons. The zero-order valence-corrected chi connectivity index (χ0v) is 17.7. The van der Waals surface area contributed by atoms with E-state index >= 15 is 0 Å². The minimum atomic E-state index is -1.62. The van der Waals surface area contributed by atoms with Crippen molar-refractivity contribution in [2.45, 2.75) is 50.6 Å². The van der Waals surface area contributed by atoms with Gasteiger partial charge in [-0.1, -0.05) is 6.58 Å². The van der Waals surface area contributed by atoms with Crippen molar-refractivity contribution in [2.24, 2.45) is 0 Å². The molecule has 4 atom stereocenters. The zero-order valence-electron chi connectivity index (χ0n) is 17.7. The number of hydrogen-bond acceptors (Lipinski definition) is 9. The Morgan fingerprint density at radius 1 is 1.28 bits per heavy atom. The van der Waals surface area contributed by atoms with Gasteiger partial charge in [0, 0.05) is 11.6 Å². The summed E-state index contributed by atoms with van der Waals surface area (Å²) in [7, 11) is 0. The van der Waals surface area contributed by atoms with Crippen LogP contribution >= 0.6 is 0 Å². The molecule has 0 bridgehead atoms. The first kappa shape index (κ1) is 25.3. The average molecular weight is 448 g/mol. The number of aliphatic hydroxyl groups excluding tert-OH is 4. The highest BCUT2D eigenvalue weighted by molar-refractivity contribution is 5.95. The summed E-state index contributed by atoms with van der Waals surface area (Å²) in [6.07, 6.45) is -2.10. The minimum absolute atomic E-state index is 0.0465. The number of aromatic hydroxyl groups is 1. The zero-order chi connectivity index (χ0) is 23.8. The topological polar surface area (TPSA) is 154 Å². The Bertz CT molecular complexity index is 914. The molecule has 0 saturated heterocycles. The van der Waals surface area contributed by atoms with E-state index < -0.39 is 48.5 Å². The lowest BCUT2D eigenvalue weighted by molar-refractivity contribution is -0.128. The summed E-state index contributed by atoms with van der Waals surface area (Å²) in [4.78, 5) is 24.9. The number of carbonyl (C=O) groups excluding carboxylic acids is 2. The number of hydrogen-bond donors (Lipinski definition) is 5. The maximum Gasteiger partial charge on any atom is 0.342 e. The van der Waals surface area contributed by atoms with Crippen LogP contribution in [0, 0.1) is 0 Å². The Morgan fingerprint density at radius 2 is 2.00 bits per heavy atom. The average Bonchev–Trinajstić information content (AvgIpc) is 2.75. The van der Waals surface area contributed by atoms with E-state index in [1.54, 1.807) is 0 Å². The Balaban J connectivity index is 2.43. The van der Waals surface area contributed by atoms with Gasteiger partial charge in [0.2, 0.25) is 0 Å². The van der Waals surface area contributed by atoms with Gasteiger partial charge in [0.05, 0.1) is 12.7 Å². The molecule has 5 N–H and O–H groups in total. The number of carbonyl (C=O) groups is 2. The van der Waals surface area contributed by atoms with Crippen LogP contribution in [0.4, 0.5) is 0 Å². The normalized spacial score (nSPS) is 24.5. The number of aliphatic hydroxyl groups is 4. The minimum Gasteiger partial charge on any atom is -0.507 e. The molecule has 0 saturated carbocycles. The van der Waals surface area contributed by atoms with Crippen LogP contribution in [-0.4, -0.2) is 74.9 Å². The standard InChI is InChI=1S/C23H28O9/c1-3-14-7-8-19(27)22(29)18(26)6-4-5-15-9-17(31-12-16(25)11-24)10-20(28)21(15)23(30)32-13(14)2/h7-10,13,16,18,22,24-26,28-29H,1,4-6,11-12H2,2H3/b8-7-. The molecule has 1 aromatic carbocycles. The molecule has 0 aliphatic carbocycles. The van der Waals surface area contributed by atoms with Crippen molar-refractivity contribution in [3.8, 4) is 11.5 Å². The lowest BCUT2D eigenvalue weighted by atomic mass is 9.96. The third-order valence-electron chi connectivity index (χ3n) is 4.99. The summed E-state index contributed by atoms with van der Waals surface area (Å²) in [5.41, 5.74) is 3.07. The van der Waals surface area contributed by atoms with Crippen LogP contribution < -0.4 is 4.74 Å². The monoisotopic (exact) mass is 448 g/mol. The molecule has 0 aromatic heterocycles. The number of benzene rings is 1. The molecule has 1 heterocycles. The summed E-state index contributed by atoms with van der Waals surface area (Å²) in [6.45, 7) is 4.29. The van der Waals surface area contributed by atoms with Gasteiger partial charge >= 0.3 is 5.97 Å². The molecule has 9 heteroatoms. The number of ether oxygens (including phenoxy) is 2. The van der Waals surface area contributed by atoms with Crippen LogP contribution in [0.15, 0.2) is 42.2 Å². The molecule has 0 fully saturated rings. The lowest BCUT2D eigenvalue weighted by Gasteiger charge is -2.20. The maximum absolute atomic E-state index is 12.8. The molecule has 1 aromatic rings. The number of esters is 1. The van der Waals surface area contributed by atoms with E-state index in [-0.39, 0.29) is 42.8 Å². The van der Waals surface area contributed by atoms with E-state index in [1.807, 2.05) is 0 Å². The number of cyclic esters (lactones) is 1. The number of phenolic OH excluding ortho intramolecular Hbond substituents is 1. The quantitative estimate of drug-likeness (QED) is 0.328. The first-order valence-electron chi connectivity index (χ1n) is 10.1. The van der Waals surface area contributed by atoms with Crippen molar-refractivity contribution < 1.29 is 44.6 Å². The Kier molecular flexibility index (Phi) is 9.19. The van der Waals surface area contributed by atoms with E-state index in [2.05, 4.69) is 12.3 Å². The summed E-state index contributed by atoms with van der Waals surface area (Å²) in [5, 5.41) is 49.1. The Hall–Kier alpha value is -2.94. The predicted molar refractivity (Wildman–Crippen MR) is 113 cm³/mol. The smallest absolute Gasteiger partial charge is 0.342 e. The van der Waals surface area contributed by atoms with Gasteiger partial charge in [-0.05, 0) is 50.0 Å². The first-order chi connectivity index (χ1) is 15.2. The van der Waals surface area contributed by atoms with Crippen LogP contribution in [-0.2, 0) is 16.0 Å². The molecular formula is C23H28O9. The van der Waals surface area contributed by atoms with Gasteiger partial charge in [0.15, 0.2) is 5.78 Å². The van der Waals surface area contributed by atoms with Crippen molar-refractivity contribution in [3.63, 3.8) is 0 Å². The fourth-order valence-electron chi connectivity index (χ4n) is 3.16. The third-order valence-corrected chi connectivity index (χ3v) is 4.99. The van der Waals surface area contributed by atoms with Crippen LogP contribution in [0.2, 0.25) is 0 Å². The van der Waals surface area contributed by atoms with Gasteiger partial charge in [-0.15, -0.1) is 5.73 Å². The van der Waals surface area contributed by atoms with Crippen LogP contribution in [0.3, 0.4) is 0 Å². The number of fused-ring (bicyclic) bond motifs is 1. The Labute approximate surface area is 185 Å². The van der Waals surface area contributed by atoms with Gasteiger partial charge in [0.1, 0.15) is 42.0 Å². The highest BCUT2D eigenvalue weighted by Crippen LogP contribution is 2.31. The number of rotatable bonds is 4. The lowest BCUT2D eigenvalue weighted by Crippen LogP contribution is -2.33. The van der Waals surface area contributed by atoms with Crippen molar-refractivity contribution in [3.05, 3.63) is 53.3 Å². The molecule has 4 unspecified atom stereocenters. The molecule has 1 aliphatic heterocycles. The van der Waals surface area contributed by atoms with E-state index in [0.29, 0.717) is 5.56 Å². The second-order valence-corrected chi connectivity index (χ2v) is 7.44. The van der Waals surface area contributed by atoms with Gasteiger partial charge in [-0.2, -0.15) is 0 Å². The number of phenols is 1. The van der Waals surface area contributed by atoms with E-state index in [4.69, 9.17) is 14.6 Å². The number of aryl methyl sites for hydroxylation is 1. The molecular weight excluding hydrogens is 420 g/mol. The highest BCUT2D eigenvalue weighted by atomic mass is 16.5. The molecule has 0 amide bonds. The van der Waals surface area contributed by atoms with Crippen molar-refractivity contribution in [1.82, 2.24) is 0 Å². The summed E-state index contributed by atoms with van der Waals surface area (Å²) in [5.74, 6) is -1.79. The summed E-state index contributed by atoms with van der Waals surface area (Å²) < 4.78 is 10.8. The summed E-state index contributed by atoms with van der Waals surface area (Å²) >= 11 is 0. The maximum atomic E-state index is 12.8. The SMILES string of the molecule is C=C=C1/C=C\C(=O)C(O)C(O)CCCc2cc(OCC(O)CO)cc(O)c2C(=O)OC1C. The fraction of sp³-hybridized carbons (Fsp3) is 0.435. The van der Waals surface area contributed by atoms with E-state index in [1.165, 1.54) is 25.1 Å². The van der Waals surface area contributed by atoms with Crippen molar-refractivity contribution in [2.75, 3.05) is 13.2 Å².